The molecule has 0 spiro atoms. The lowest BCUT2D eigenvalue weighted by atomic mass is 9.87. The van der Waals surface area contributed by atoms with Crippen molar-refractivity contribution in [2.24, 2.45) is 7.05 Å². The van der Waals surface area contributed by atoms with Crippen molar-refractivity contribution >= 4 is 32.6 Å². The lowest BCUT2D eigenvalue weighted by Crippen LogP contribution is -2.02. The molecule has 7 aromatic carbocycles. The maximum Gasteiger partial charge on any atom is 0.165 e. The second kappa shape index (κ2) is 11.4. The molecule has 0 aliphatic carbocycles. The molecule has 0 unspecified atom stereocenters. The number of hydrogen-bond donors (Lipinski definition) is 0. The third-order valence-electron chi connectivity index (χ3n) is 9.07. The van der Waals surface area contributed by atoms with E-state index in [0.29, 0.717) is 17.5 Å². The van der Waals surface area contributed by atoms with Gasteiger partial charge in [-0.15, -0.1) is 0 Å². The summed E-state index contributed by atoms with van der Waals surface area (Å²) in [5.41, 5.74) is 8.19. The normalized spacial score (nSPS) is 11.4. The van der Waals surface area contributed by atoms with E-state index in [1.807, 2.05) is 66.7 Å². The molecule has 0 saturated carbocycles. The van der Waals surface area contributed by atoms with Crippen molar-refractivity contribution in [3.8, 4) is 56.7 Å². The van der Waals surface area contributed by atoms with Gasteiger partial charge in [0.25, 0.3) is 0 Å². The SMILES string of the molecule is Cn1c(-c2ccc(-c3c(-c4nc(-c5ccccc5)nc(-c5ccccc5)n4)c4ccccc4c4ccccc34)cc2)nc2ccccc21. The van der Waals surface area contributed by atoms with Gasteiger partial charge in [0.05, 0.1) is 11.0 Å². The van der Waals surface area contributed by atoms with Crippen molar-refractivity contribution in [2.75, 3.05) is 0 Å². The van der Waals surface area contributed by atoms with E-state index in [9.17, 15) is 0 Å². The molecule has 0 atom stereocenters. The lowest BCUT2D eigenvalue weighted by Gasteiger charge is -2.18. The molecule has 2 heterocycles. The number of benzene rings is 7. The minimum Gasteiger partial charge on any atom is -0.327 e. The van der Waals surface area contributed by atoms with Gasteiger partial charge in [-0.2, -0.15) is 0 Å². The van der Waals surface area contributed by atoms with Gasteiger partial charge in [-0.25, -0.2) is 19.9 Å². The van der Waals surface area contributed by atoms with Gasteiger partial charge in [-0.1, -0.05) is 146 Å². The zero-order valence-electron chi connectivity index (χ0n) is 26.2. The molecule has 0 saturated heterocycles. The largest absolute Gasteiger partial charge is 0.327 e. The van der Waals surface area contributed by atoms with Gasteiger partial charge in [0.1, 0.15) is 5.82 Å². The van der Waals surface area contributed by atoms with Gasteiger partial charge in [0.2, 0.25) is 0 Å². The molecule has 2 aromatic heterocycles. The number of imidazole rings is 1. The maximum absolute atomic E-state index is 5.21. The minimum atomic E-state index is 0.638. The van der Waals surface area contributed by atoms with Crippen LogP contribution in [0, 0.1) is 0 Å². The highest BCUT2D eigenvalue weighted by Gasteiger charge is 2.22. The third-order valence-corrected chi connectivity index (χ3v) is 9.07. The van der Waals surface area contributed by atoms with Crippen LogP contribution < -0.4 is 0 Å². The summed E-state index contributed by atoms with van der Waals surface area (Å²) in [7, 11) is 2.07. The van der Waals surface area contributed by atoms with Gasteiger partial charge in [0.15, 0.2) is 17.5 Å². The zero-order chi connectivity index (χ0) is 32.0. The van der Waals surface area contributed by atoms with Crippen LogP contribution in [0.25, 0.3) is 89.3 Å². The Labute approximate surface area is 277 Å². The van der Waals surface area contributed by atoms with Gasteiger partial charge in [-0.3, -0.25) is 0 Å². The number of aryl methyl sites for hydroxylation is 1. The van der Waals surface area contributed by atoms with Gasteiger partial charge < -0.3 is 4.57 Å². The van der Waals surface area contributed by atoms with Crippen LogP contribution in [0.4, 0.5) is 0 Å². The molecule has 9 aromatic rings. The Bertz CT molecular complexity index is 2550. The second-order valence-electron chi connectivity index (χ2n) is 11.9. The standard InChI is InChI=1S/C43H29N5/c1-48-37-23-13-12-22-36(37)44-43(48)31-26-24-28(25-27-31)38-34-20-10-8-18-32(34)33-19-9-11-21-35(33)39(38)42-46-40(29-14-4-2-5-15-29)45-41(47-42)30-16-6-3-7-17-30/h2-27H,1H3. The molecule has 0 bridgehead atoms. The van der Waals surface area contributed by atoms with Crippen molar-refractivity contribution in [3.05, 3.63) is 158 Å². The number of rotatable bonds is 5. The zero-order valence-corrected chi connectivity index (χ0v) is 26.2. The highest BCUT2D eigenvalue weighted by atomic mass is 15.1. The Hall–Kier alpha value is -6.46. The molecule has 5 nitrogen and oxygen atoms in total. The van der Waals surface area contributed by atoms with Crippen molar-refractivity contribution in [1.82, 2.24) is 24.5 Å². The summed E-state index contributed by atoms with van der Waals surface area (Å²) in [6.45, 7) is 0. The second-order valence-corrected chi connectivity index (χ2v) is 11.9. The molecule has 0 radical (unpaired) electrons. The van der Waals surface area contributed by atoms with E-state index < -0.39 is 0 Å². The number of aromatic nitrogens is 5. The first-order valence-electron chi connectivity index (χ1n) is 16.1. The van der Waals surface area contributed by atoms with Crippen LogP contribution in [0.15, 0.2) is 158 Å². The van der Waals surface area contributed by atoms with E-state index in [2.05, 4.69) is 103 Å². The van der Waals surface area contributed by atoms with Crippen LogP contribution in [-0.2, 0) is 7.05 Å². The first-order valence-corrected chi connectivity index (χ1v) is 16.1. The average Bonchev–Trinajstić information content (AvgIpc) is 3.51. The quantitative estimate of drug-likeness (QED) is 0.181. The molecule has 226 valence electrons. The first kappa shape index (κ1) is 27.8. The smallest absolute Gasteiger partial charge is 0.165 e. The molecule has 0 aliphatic heterocycles. The Morgan fingerprint density at radius 1 is 0.354 bits per heavy atom. The summed E-state index contributed by atoms with van der Waals surface area (Å²) in [5, 5.41) is 4.58. The van der Waals surface area contributed by atoms with E-state index in [1.54, 1.807) is 0 Å². The van der Waals surface area contributed by atoms with Crippen molar-refractivity contribution in [1.29, 1.82) is 0 Å². The summed E-state index contributed by atoms with van der Waals surface area (Å²) in [6, 6.07) is 54.5. The highest BCUT2D eigenvalue weighted by molar-refractivity contribution is 6.21. The molecule has 0 fully saturated rings. The van der Waals surface area contributed by atoms with Crippen molar-refractivity contribution < 1.29 is 0 Å². The van der Waals surface area contributed by atoms with Crippen LogP contribution in [0.5, 0.6) is 0 Å². The monoisotopic (exact) mass is 615 g/mol. The minimum absolute atomic E-state index is 0.638. The number of hydrogen-bond acceptors (Lipinski definition) is 4. The predicted octanol–water partition coefficient (Wildman–Crippen LogP) is 10.4. The first-order chi connectivity index (χ1) is 23.7. The third kappa shape index (κ3) is 4.64. The van der Waals surface area contributed by atoms with Crippen LogP contribution in [0.3, 0.4) is 0 Å². The summed E-state index contributed by atoms with van der Waals surface area (Å²) in [4.78, 5) is 20.4. The number of para-hydroxylation sites is 2. The number of nitrogens with zero attached hydrogens (tertiary/aromatic N) is 5. The van der Waals surface area contributed by atoms with Crippen LogP contribution in [0.2, 0.25) is 0 Å². The van der Waals surface area contributed by atoms with Gasteiger partial charge in [0, 0.05) is 34.9 Å². The Kier molecular flexibility index (Phi) is 6.61. The van der Waals surface area contributed by atoms with Gasteiger partial charge >= 0.3 is 0 Å². The molecule has 0 aliphatic rings. The summed E-state index contributed by atoms with van der Waals surface area (Å²) in [6.07, 6.45) is 0. The fourth-order valence-corrected chi connectivity index (χ4v) is 6.78. The molecular formula is C43H29N5. The highest BCUT2D eigenvalue weighted by Crippen LogP contribution is 2.44. The summed E-state index contributed by atoms with van der Waals surface area (Å²) < 4.78 is 2.15. The fraction of sp³-hybridized carbons (Fsp3) is 0.0233. The van der Waals surface area contributed by atoms with Gasteiger partial charge in [-0.05, 0) is 39.2 Å². The predicted molar refractivity (Wildman–Crippen MR) is 196 cm³/mol. The van der Waals surface area contributed by atoms with E-state index in [-0.39, 0.29) is 0 Å². The van der Waals surface area contributed by atoms with E-state index >= 15 is 0 Å². The summed E-state index contributed by atoms with van der Waals surface area (Å²) >= 11 is 0. The Morgan fingerprint density at radius 3 is 1.40 bits per heavy atom. The summed E-state index contributed by atoms with van der Waals surface area (Å²) in [5.74, 6) is 2.85. The molecule has 0 N–H and O–H groups in total. The molecular weight excluding hydrogens is 587 g/mol. The van der Waals surface area contributed by atoms with Crippen LogP contribution in [0.1, 0.15) is 0 Å². The Morgan fingerprint density at radius 2 is 0.812 bits per heavy atom. The number of fused-ring (bicyclic) bond motifs is 4. The van der Waals surface area contributed by atoms with Crippen LogP contribution in [-0.4, -0.2) is 24.5 Å². The van der Waals surface area contributed by atoms with E-state index in [4.69, 9.17) is 19.9 Å². The topological polar surface area (TPSA) is 56.5 Å². The van der Waals surface area contributed by atoms with E-state index in [0.717, 1.165) is 66.4 Å². The van der Waals surface area contributed by atoms with E-state index in [1.165, 1.54) is 5.39 Å². The maximum atomic E-state index is 5.21. The average molecular weight is 616 g/mol. The lowest BCUT2D eigenvalue weighted by molar-refractivity contribution is 0.959. The Balaban J connectivity index is 1.33. The fourth-order valence-electron chi connectivity index (χ4n) is 6.78. The molecule has 5 heteroatoms. The van der Waals surface area contributed by atoms with Crippen LogP contribution >= 0.6 is 0 Å². The van der Waals surface area contributed by atoms with Crippen molar-refractivity contribution in [3.63, 3.8) is 0 Å². The molecule has 0 amide bonds. The molecule has 48 heavy (non-hydrogen) atoms. The molecule has 9 rings (SSSR count). The van der Waals surface area contributed by atoms with Crippen molar-refractivity contribution in [2.45, 2.75) is 0 Å².